The molecule has 2 saturated heterocycles. The Bertz CT molecular complexity index is 645. The van der Waals surface area contributed by atoms with E-state index in [0.717, 1.165) is 30.7 Å². The van der Waals surface area contributed by atoms with Gasteiger partial charge in [0.25, 0.3) is 0 Å². The molecule has 2 N–H and O–H groups in total. The van der Waals surface area contributed by atoms with Gasteiger partial charge in [0, 0.05) is 43.2 Å². The summed E-state index contributed by atoms with van der Waals surface area (Å²) in [6.07, 6.45) is -3.07. The van der Waals surface area contributed by atoms with Crippen LogP contribution < -0.4 is 5.73 Å². The number of nitrogens with zero attached hydrogens (tertiary/aromatic N) is 2. The normalized spacial score (nSPS) is 20.9. The van der Waals surface area contributed by atoms with Gasteiger partial charge in [-0.05, 0) is 24.5 Å². The fraction of sp³-hybridized carbons (Fsp3) is 0.611. The van der Waals surface area contributed by atoms with Gasteiger partial charge >= 0.3 is 6.18 Å². The van der Waals surface area contributed by atoms with E-state index < -0.39 is 17.2 Å². The number of ether oxygens (including phenoxy) is 1. The average molecular weight is 515 g/mol. The van der Waals surface area contributed by atoms with Gasteiger partial charge in [-0.15, -0.1) is 24.0 Å². The van der Waals surface area contributed by atoms with Crippen LogP contribution in [-0.4, -0.2) is 55.2 Å². The molecule has 3 rings (SSSR count). The third kappa shape index (κ3) is 5.66. The molecule has 2 aliphatic rings. The maximum absolute atomic E-state index is 13.1. The highest BCUT2D eigenvalue weighted by atomic mass is 127. The molecule has 0 radical (unpaired) electrons. The maximum atomic E-state index is 13.1. The van der Waals surface area contributed by atoms with Gasteiger partial charge in [0.05, 0.1) is 12.1 Å². The molecule has 0 bridgehead atoms. The lowest BCUT2D eigenvalue weighted by atomic mass is 9.74. The van der Waals surface area contributed by atoms with Crippen molar-refractivity contribution in [3.05, 3.63) is 35.4 Å². The SMILES string of the molecule is I.NC(=NCC1(c2cccc(C(F)(F)F)c2)CCOCC1)N1CCSCC1. The van der Waals surface area contributed by atoms with Gasteiger partial charge in [0.15, 0.2) is 5.96 Å². The summed E-state index contributed by atoms with van der Waals surface area (Å²) in [6.45, 7) is 3.14. The lowest BCUT2D eigenvalue weighted by molar-refractivity contribution is -0.137. The molecule has 0 unspecified atom stereocenters. The van der Waals surface area contributed by atoms with Crippen molar-refractivity contribution in [2.24, 2.45) is 10.7 Å². The minimum atomic E-state index is -4.35. The van der Waals surface area contributed by atoms with Crippen LogP contribution in [0.15, 0.2) is 29.3 Å². The van der Waals surface area contributed by atoms with Crippen LogP contribution in [0.25, 0.3) is 0 Å². The summed E-state index contributed by atoms with van der Waals surface area (Å²) in [4.78, 5) is 6.64. The van der Waals surface area contributed by atoms with Crippen LogP contribution in [0.2, 0.25) is 0 Å². The molecular formula is C18H25F3IN3OS. The van der Waals surface area contributed by atoms with Gasteiger partial charge in [-0.25, -0.2) is 0 Å². The van der Waals surface area contributed by atoms with Crippen molar-refractivity contribution in [1.82, 2.24) is 4.90 Å². The van der Waals surface area contributed by atoms with Gasteiger partial charge in [-0.3, -0.25) is 4.99 Å². The van der Waals surface area contributed by atoms with Crippen molar-refractivity contribution >= 4 is 41.7 Å². The number of guanidine groups is 1. The summed E-state index contributed by atoms with van der Waals surface area (Å²) in [7, 11) is 0. The number of hydrogen-bond donors (Lipinski definition) is 1. The first-order valence-electron chi connectivity index (χ1n) is 8.79. The van der Waals surface area contributed by atoms with Crippen LogP contribution in [0.3, 0.4) is 0 Å². The molecule has 0 saturated carbocycles. The Balaban J connectivity index is 0.00000261. The molecule has 0 amide bonds. The molecule has 9 heteroatoms. The summed E-state index contributed by atoms with van der Waals surface area (Å²) in [5.74, 6) is 2.52. The molecule has 27 heavy (non-hydrogen) atoms. The van der Waals surface area contributed by atoms with Crippen LogP contribution in [0, 0.1) is 0 Å². The number of aliphatic imine (C=N–C) groups is 1. The van der Waals surface area contributed by atoms with E-state index in [1.54, 1.807) is 6.07 Å². The van der Waals surface area contributed by atoms with E-state index in [0.29, 0.717) is 44.1 Å². The van der Waals surface area contributed by atoms with Gasteiger partial charge < -0.3 is 15.4 Å². The number of hydrogen-bond acceptors (Lipinski definition) is 3. The highest BCUT2D eigenvalue weighted by Gasteiger charge is 2.37. The summed E-state index contributed by atoms with van der Waals surface area (Å²) >= 11 is 1.89. The number of halogens is 4. The molecular weight excluding hydrogens is 490 g/mol. The quantitative estimate of drug-likeness (QED) is 0.379. The lowest BCUT2D eigenvalue weighted by Gasteiger charge is -2.37. The monoisotopic (exact) mass is 515 g/mol. The summed E-state index contributed by atoms with van der Waals surface area (Å²) in [5.41, 5.74) is 5.74. The van der Waals surface area contributed by atoms with Crippen molar-refractivity contribution in [1.29, 1.82) is 0 Å². The summed E-state index contributed by atoms with van der Waals surface area (Å²) in [6, 6.07) is 5.61. The van der Waals surface area contributed by atoms with Gasteiger partial charge in [-0.1, -0.05) is 18.2 Å². The van der Waals surface area contributed by atoms with Crippen molar-refractivity contribution < 1.29 is 17.9 Å². The van der Waals surface area contributed by atoms with Crippen molar-refractivity contribution in [2.75, 3.05) is 44.4 Å². The van der Waals surface area contributed by atoms with Crippen molar-refractivity contribution in [3.63, 3.8) is 0 Å². The van der Waals surface area contributed by atoms with Crippen LogP contribution in [0.5, 0.6) is 0 Å². The third-order valence-corrected chi connectivity index (χ3v) is 6.07. The topological polar surface area (TPSA) is 50.9 Å². The van der Waals surface area contributed by atoms with Gasteiger partial charge in [-0.2, -0.15) is 24.9 Å². The molecule has 2 fully saturated rings. The first kappa shape index (κ1) is 22.6. The molecule has 0 spiro atoms. The Labute approximate surface area is 179 Å². The second kappa shape index (κ2) is 9.69. The Morgan fingerprint density at radius 3 is 2.52 bits per heavy atom. The maximum Gasteiger partial charge on any atom is 0.416 e. The average Bonchev–Trinajstić information content (AvgIpc) is 2.67. The van der Waals surface area contributed by atoms with E-state index in [4.69, 9.17) is 10.5 Å². The predicted octanol–water partition coefficient (Wildman–Crippen LogP) is 3.74. The van der Waals surface area contributed by atoms with E-state index in [9.17, 15) is 13.2 Å². The molecule has 0 atom stereocenters. The van der Waals surface area contributed by atoms with Crippen molar-refractivity contribution in [2.45, 2.75) is 24.4 Å². The van der Waals surface area contributed by atoms with Crippen LogP contribution in [0.1, 0.15) is 24.0 Å². The van der Waals surface area contributed by atoms with Crippen LogP contribution in [0.4, 0.5) is 13.2 Å². The number of nitrogens with two attached hydrogens (primary N) is 1. The molecule has 152 valence electrons. The zero-order chi connectivity index (χ0) is 18.6. The van der Waals surface area contributed by atoms with Crippen molar-refractivity contribution in [3.8, 4) is 0 Å². The van der Waals surface area contributed by atoms with E-state index >= 15 is 0 Å². The van der Waals surface area contributed by atoms with E-state index in [1.807, 2.05) is 11.8 Å². The summed E-state index contributed by atoms with van der Waals surface area (Å²) < 4.78 is 44.9. The first-order valence-corrected chi connectivity index (χ1v) is 9.94. The standard InChI is InChI=1S/C18H24F3N3OS.HI/c19-18(20,21)15-3-1-2-14(12-15)17(4-8-25-9-5-17)13-23-16(22)24-6-10-26-11-7-24;/h1-3,12H,4-11,13H2,(H2,22,23);1H. The van der Waals surface area contributed by atoms with Gasteiger partial charge in [0.2, 0.25) is 0 Å². The Morgan fingerprint density at radius 1 is 1.22 bits per heavy atom. The number of thioether (sulfide) groups is 1. The largest absolute Gasteiger partial charge is 0.416 e. The number of rotatable bonds is 3. The Kier molecular flexibility index (Phi) is 8.11. The van der Waals surface area contributed by atoms with Gasteiger partial charge in [0.1, 0.15) is 0 Å². The lowest BCUT2D eigenvalue weighted by Crippen LogP contribution is -2.44. The molecule has 1 aromatic rings. The minimum Gasteiger partial charge on any atom is -0.381 e. The Hall–Kier alpha value is -0.680. The Morgan fingerprint density at radius 2 is 1.89 bits per heavy atom. The molecule has 1 aromatic carbocycles. The third-order valence-electron chi connectivity index (χ3n) is 5.13. The fourth-order valence-electron chi connectivity index (χ4n) is 3.45. The van der Waals surface area contributed by atoms with E-state index in [1.165, 1.54) is 12.1 Å². The summed E-state index contributed by atoms with van der Waals surface area (Å²) in [5, 5.41) is 0. The fourth-order valence-corrected chi connectivity index (χ4v) is 4.35. The first-order chi connectivity index (χ1) is 12.4. The number of alkyl halides is 3. The second-order valence-corrected chi connectivity index (χ2v) is 7.97. The highest BCUT2D eigenvalue weighted by Crippen LogP contribution is 2.38. The second-order valence-electron chi connectivity index (χ2n) is 6.75. The smallest absolute Gasteiger partial charge is 0.381 e. The van der Waals surface area contributed by atoms with Crippen LogP contribution >= 0.6 is 35.7 Å². The van der Waals surface area contributed by atoms with Crippen LogP contribution in [-0.2, 0) is 16.3 Å². The molecule has 0 aromatic heterocycles. The predicted molar refractivity (Wildman–Crippen MR) is 114 cm³/mol. The molecule has 2 heterocycles. The molecule has 2 aliphatic heterocycles. The highest BCUT2D eigenvalue weighted by molar-refractivity contribution is 14.0. The molecule has 0 aliphatic carbocycles. The zero-order valence-electron chi connectivity index (χ0n) is 15.0. The van der Waals surface area contributed by atoms with E-state index in [2.05, 4.69) is 9.89 Å². The number of benzene rings is 1. The van der Waals surface area contributed by atoms with E-state index in [-0.39, 0.29) is 24.0 Å². The minimum absolute atomic E-state index is 0. The zero-order valence-corrected chi connectivity index (χ0v) is 18.2. The molecule has 4 nitrogen and oxygen atoms in total.